The van der Waals surface area contributed by atoms with Crippen LogP contribution in [0.3, 0.4) is 0 Å². The van der Waals surface area contributed by atoms with E-state index in [2.05, 4.69) is 15.6 Å². The molecule has 0 atom stereocenters. The van der Waals surface area contributed by atoms with E-state index in [1.165, 1.54) is 12.4 Å². The Morgan fingerprint density at radius 1 is 0.889 bits per heavy atom. The van der Waals surface area contributed by atoms with E-state index in [1.54, 1.807) is 6.07 Å². The van der Waals surface area contributed by atoms with Crippen LogP contribution in [0.2, 0.25) is 0 Å². The lowest BCUT2D eigenvalue weighted by Gasteiger charge is -2.09. The second-order valence-corrected chi connectivity index (χ2v) is 6.40. The fourth-order valence-electron chi connectivity index (χ4n) is 2.70. The van der Waals surface area contributed by atoms with Crippen LogP contribution in [0, 0.1) is 13.8 Å². The molecule has 0 spiro atoms. The number of aryl methyl sites for hydroxylation is 2. The Morgan fingerprint density at radius 3 is 2.37 bits per heavy atom. The number of anilines is 1. The number of pyridine rings is 1. The van der Waals surface area contributed by atoms with Crippen LogP contribution in [0.5, 0.6) is 0 Å². The largest absolute Gasteiger partial charge is 0.348 e. The van der Waals surface area contributed by atoms with Gasteiger partial charge in [0.1, 0.15) is 0 Å². The SMILES string of the molecule is Cc1cccc(NC(=O)c2cncc(C(=O)NCc3ccccc3C)c2)c1. The highest BCUT2D eigenvalue weighted by Crippen LogP contribution is 2.12. The lowest BCUT2D eigenvalue weighted by Crippen LogP contribution is -2.24. The highest BCUT2D eigenvalue weighted by molar-refractivity contribution is 6.05. The molecule has 5 nitrogen and oxygen atoms in total. The van der Waals surface area contributed by atoms with Gasteiger partial charge in [-0.1, -0.05) is 36.4 Å². The van der Waals surface area contributed by atoms with Gasteiger partial charge in [0.2, 0.25) is 0 Å². The number of rotatable bonds is 5. The van der Waals surface area contributed by atoms with Crippen LogP contribution in [-0.2, 0) is 6.54 Å². The number of benzene rings is 2. The maximum absolute atomic E-state index is 12.4. The third-order valence-electron chi connectivity index (χ3n) is 4.24. The molecule has 27 heavy (non-hydrogen) atoms. The van der Waals surface area contributed by atoms with Gasteiger partial charge in [-0.25, -0.2) is 0 Å². The molecule has 0 bridgehead atoms. The standard InChI is InChI=1S/C22H21N3O2/c1-15-6-5-9-20(10-15)25-22(27)19-11-18(12-23-13-19)21(26)24-14-17-8-4-3-7-16(17)2/h3-13H,14H2,1-2H3,(H,24,26)(H,25,27). The molecule has 1 aromatic heterocycles. The molecule has 0 saturated heterocycles. The van der Waals surface area contributed by atoms with E-state index in [-0.39, 0.29) is 11.8 Å². The van der Waals surface area contributed by atoms with Gasteiger partial charge >= 0.3 is 0 Å². The molecule has 2 N–H and O–H groups in total. The van der Waals surface area contributed by atoms with E-state index in [0.29, 0.717) is 23.4 Å². The van der Waals surface area contributed by atoms with E-state index in [1.807, 2.05) is 62.4 Å². The number of nitrogens with one attached hydrogen (secondary N) is 2. The summed E-state index contributed by atoms with van der Waals surface area (Å²) in [7, 11) is 0. The molecule has 0 aliphatic rings. The van der Waals surface area contributed by atoms with Gasteiger partial charge in [0.05, 0.1) is 11.1 Å². The van der Waals surface area contributed by atoms with Gasteiger partial charge in [-0.2, -0.15) is 0 Å². The maximum atomic E-state index is 12.4. The second-order valence-electron chi connectivity index (χ2n) is 6.40. The van der Waals surface area contributed by atoms with E-state index in [9.17, 15) is 9.59 Å². The Labute approximate surface area is 158 Å². The number of amides is 2. The smallest absolute Gasteiger partial charge is 0.257 e. The number of carbonyl (C=O) groups excluding carboxylic acids is 2. The van der Waals surface area contributed by atoms with Crippen molar-refractivity contribution in [2.45, 2.75) is 20.4 Å². The Hall–Kier alpha value is -3.47. The van der Waals surface area contributed by atoms with Gasteiger partial charge in [-0.15, -0.1) is 0 Å². The van der Waals surface area contributed by atoms with Gasteiger partial charge in [-0.3, -0.25) is 14.6 Å². The summed E-state index contributed by atoms with van der Waals surface area (Å²) in [6.07, 6.45) is 2.90. The quantitative estimate of drug-likeness (QED) is 0.726. The minimum atomic E-state index is -0.304. The van der Waals surface area contributed by atoms with Crippen molar-refractivity contribution >= 4 is 17.5 Å². The van der Waals surface area contributed by atoms with E-state index in [0.717, 1.165) is 16.7 Å². The molecule has 0 aliphatic carbocycles. The molecular formula is C22H21N3O2. The van der Waals surface area contributed by atoms with Crippen molar-refractivity contribution < 1.29 is 9.59 Å². The third-order valence-corrected chi connectivity index (χ3v) is 4.24. The molecule has 5 heteroatoms. The number of carbonyl (C=O) groups is 2. The molecule has 0 unspecified atom stereocenters. The predicted molar refractivity (Wildman–Crippen MR) is 106 cm³/mol. The zero-order valence-corrected chi connectivity index (χ0v) is 15.3. The maximum Gasteiger partial charge on any atom is 0.257 e. The van der Waals surface area contributed by atoms with Crippen LogP contribution in [0.4, 0.5) is 5.69 Å². The summed E-state index contributed by atoms with van der Waals surface area (Å²) in [6.45, 7) is 4.38. The Balaban J connectivity index is 1.68. The van der Waals surface area contributed by atoms with Gasteiger partial charge in [-0.05, 0) is 48.7 Å². The molecule has 0 radical (unpaired) electrons. The van der Waals surface area contributed by atoms with Crippen LogP contribution >= 0.6 is 0 Å². The monoisotopic (exact) mass is 359 g/mol. The number of hydrogen-bond acceptors (Lipinski definition) is 3. The van der Waals surface area contributed by atoms with Crippen molar-refractivity contribution in [1.29, 1.82) is 0 Å². The average Bonchev–Trinajstić information content (AvgIpc) is 2.67. The van der Waals surface area contributed by atoms with Crippen LogP contribution in [-0.4, -0.2) is 16.8 Å². The van der Waals surface area contributed by atoms with Crippen molar-refractivity contribution in [2.24, 2.45) is 0 Å². The summed E-state index contributed by atoms with van der Waals surface area (Å²) in [5, 5.41) is 5.69. The van der Waals surface area contributed by atoms with Crippen LogP contribution in [0.15, 0.2) is 67.0 Å². The number of aromatic nitrogens is 1. The first-order valence-corrected chi connectivity index (χ1v) is 8.69. The molecule has 1 heterocycles. The van der Waals surface area contributed by atoms with E-state index >= 15 is 0 Å². The molecule has 2 amide bonds. The van der Waals surface area contributed by atoms with Crippen molar-refractivity contribution in [2.75, 3.05) is 5.32 Å². The highest BCUT2D eigenvalue weighted by atomic mass is 16.2. The summed E-state index contributed by atoms with van der Waals surface area (Å²) in [5.41, 5.74) is 4.60. The molecule has 3 aromatic rings. The number of hydrogen-bond donors (Lipinski definition) is 2. The van der Waals surface area contributed by atoms with E-state index in [4.69, 9.17) is 0 Å². The fourth-order valence-corrected chi connectivity index (χ4v) is 2.70. The predicted octanol–water partition coefficient (Wildman–Crippen LogP) is 3.88. The summed E-state index contributed by atoms with van der Waals surface area (Å²) < 4.78 is 0. The van der Waals surface area contributed by atoms with Crippen molar-refractivity contribution in [3.63, 3.8) is 0 Å². The van der Waals surface area contributed by atoms with Gasteiger partial charge in [0, 0.05) is 24.6 Å². The summed E-state index contributed by atoms with van der Waals surface area (Å²) in [6, 6.07) is 16.9. The summed E-state index contributed by atoms with van der Waals surface area (Å²) in [4.78, 5) is 28.9. The fraction of sp³-hybridized carbons (Fsp3) is 0.136. The Bertz CT molecular complexity index is 983. The summed E-state index contributed by atoms with van der Waals surface area (Å²) in [5.74, 6) is -0.572. The van der Waals surface area contributed by atoms with Crippen LogP contribution in [0.1, 0.15) is 37.4 Å². The molecular weight excluding hydrogens is 338 g/mol. The first-order valence-electron chi connectivity index (χ1n) is 8.69. The minimum Gasteiger partial charge on any atom is -0.348 e. The first-order chi connectivity index (χ1) is 13.0. The van der Waals surface area contributed by atoms with Crippen LogP contribution in [0.25, 0.3) is 0 Å². The molecule has 3 rings (SSSR count). The average molecular weight is 359 g/mol. The Kier molecular flexibility index (Phi) is 5.61. The molecule has 0 saturated carbocycles. The molecule has 0 fully saturated rings. The van der Waals surface area contributed by atoms with Gasteiger partial charge in [0.15, 0.2) is 0 Å². The molecule has 0 aliphatic heterocycles. The summed E-state index contributed by atoms with van der Waals surface area (Å²) >= 11 is 0. The minimum absolute atomic E-state index is 0.268. The highest BCUT2D eigenvalue weighted by Gasteiger charge is 2.12. The lowest BCUT2D eigenvalue weighted by atomic mass is 10.1. The first kappa shape index (κ1) is 18.3. The van der Waals surface area contributed by atoms with Gasteiger partial charge in [0.25, 0.3) is 11.8 Å². The van der Waals surface area contributed by atoms with Gasteiger partial charge < -0.3 is 10.6 Å². The molecule has 136 valence electrons. The van der Waals surface area contributed by atoms with Crippen molar-refractivity contribution in [3.8, 4) is 0 Å². The van der Waals surface area contributed by atoms with Crippen molar-refractivity contribution in [3.05, 3.63) is 94.8 Å². The second kappa shape index (κ2) is 8.27. The van der Waals surface area contributed by atoms with Crippen molar-refractivity contribution in [1.82, 2.24) is 10.3 Å². The van der Waals surface area contributed by atoms with Crippen LogP contribution < -0.4 is 10.6 Å². The zero-order chi connectivity index (χ0) is 19.2. The number of nitrogens with zero attached hydrogens (tertiary/aromatic N) is 1. The zero-order valence-electron chi connectivity index (χ0n) is 15.3. The van der Waals surface area contributed by atoms with E-state index < -0.39 is 0 Å². The molecule has 2 aromatic carbocycles. The lowest BCUT2D eigenvalue weighted by molar-refractivity contribution is 0.0950. The normalized spacial score (nSPS) is 10.3. The topological polar surface area (TPSA) is 71.1 Å². The Morgan fingerprint density at radius 2 is 1.63 bits per heavy atom. The third kappa shape index (κ3) is 4.79.